The summed E-state index contributed by atoms with van der Waals surface area (Å²) in [5, 5.41) is 21.9. The first kappa shape index (κ1) is 21.2. The second-order valence-corrected chi connectivity index (χ2v) is 6.87. The van der Waals surface area contributed by atoms with E-state index in [4.69, 9.17) is 4.74 Å². The highest BCUT2D eigenvalue weighted by molar-refractivity contribution is 5.89. The number of allylic oxidation sites excluding steroid dienone is 3. The number of hydrogen-bond acceptors (Lipinski definition) is 5. The van der Waals surface area contributed by atoms with E-state index in [1.165, 1.54) is 28.3 Å². The van der Waals surface area contributed by atoms with E-state index in [1.54, 1.807) is 6.92 Å². The molecule has 0 unspecified atom stereocenters. The lowest BCUT2D eigenvalue weighted by Gasteiger charge is -2.14. The van der Waals surface area contributed by atoms with Gasteiger partial charge in [0.15, 0.2) is 5.75 Å². The van der Waals surface area contributed by atoms with Crippen LogP contribution in [0, 0.1) is 10.1 Å². The van der Waals surface area contributed by atoms with Crippen LogP contribution in [0.1, 0.15) is 40.5 Å². The highest BCUT2D eigenvalue weighted by atomic mass is 16.6. The fraction of sp³-hybridized carbons (Fsp3) is 0.381. The second-order valence-electron chi connectivity index (χ2n) is 6.87. The first-order valence-corrected chi connectivity index (χ1v) is 9.22. The van der Waals surface area contributed by atoms with Gasteiger partial charge >= 0.3 is 0 Å². The molecule has 0 aliphatic heterocycles. The van der Waals surface area contributed by atoms with E-state index in [2.05, 4.69) is 19.9 Å². The van der Waals surface area contributed by atoms with Crippen LogP contribution in [-0.4, -0.2) is 21.2 Å². The number of ether oxygens (including phenoxy) is 1. The number of aromatic nitrogens is 1. The fourth-order valence-corrected chi connectivity index (χ4v) is 2.93. The number of fused-ring (bicyclic) bond motifs is 1. The molecule has 1 heterocycles. The molecule has 7 nitrogen and oxygen atoms in total. The zero-order valence-corrected chi connectivity index (χ0v) is 16.7. The maximum Gasteiger partial charge on any atom is 0.297 e. The van der Waals surface area contributed by atoms with Gasteiger partial charge in [-0.2, -0.15) is 0 Å². The van der Waals surface area contributed by atoms with Crippen LogP contribution in [-0.2, 0) is 6.54 Å². The molecule has 1 aromatic carbocycles. The van der Waals surface area contributed by atoms with Crippen LogP contribution in [0.4, 0.5) is 5.69 Å². The van der Waals surface area contributed by atoms with Crippen LogP contribution < -0.4 is 10.3 Å². The van der Waals surface area contributed by atoms with Gasteiger partial charge in [-0.25, -0.2) is 0 Å². The maximum atomic E-state index is 12.5. The van der Waals surface area contributed by atoms with Gasteiger partial charge in [0.05, 0.1) is 10.4 Å². The van der Waals surface area contributed by atoms with Crippen molar-refractivity contribution >= 4 is 16.6 Å². The Morgan fingerprint density at radius 1 is 1.29 bits per heavy atom. The van der Waals surface area contributed by atoms with Crippen LogP contribution >= 0.6 is 0 Å². The van der Waals surface area contributed by atoms with Gasteiger partial charge in [0.25, 0.3) is 11.2 Å². The zero-order valence-electron chi connectivity index (χ0n) is 16.7. The summed E-state index contributed by atoms with van der Waals surface area (Å²) in [5.41, 5.74) is 2.01. The molecule has 0 aliphatic rings. The van der Waals surface area contributed by atoms with Crippen molar-refractivity contribution in [1.82, 2.24) is 4.57 Å². The minimum Gasteiger partial charge on any atom is -0.500 e. The summed E-state index contributed by atoms with van der Waals surface area (Å²) in [6.45, 7) is 8.30. The number of non-ortho nitro benzene ring substituents is 1. The monoisotopic (exact) mass is 386 g/mol. The van der Waals surface area contributed by atoms with E-state index >= 15 is 0 Å². The number of pyridine rings is 1. The topological polar surface area (TPSA) is 94.6 Å². The number of rotatable bonds is 8. The summed E-state index contributed by atoms with van der Waals surface area (Å²) in [7, 11) is 0. The SMILES string of the molecule is CCn1c(=O)c(O)c(OCC=C(C)CCC=C(C)C)c2ccc([N+](=O)[O-])cc21. The Labute approximate surface area is 163 Å². The molecule has 2 aromatic rings. The average molecular weight is 386 g/mol. The standard InChI is InChI=1S/C21H26N2O5/c1-5-22-18-13-16(23(26)27)9-10-17(18)20(19(24)21(22)25)28-12-11-15(4)8-6-7-14(2)3/h7,9-11,13,24H,5-6,8,12H2,1-4H3. The molecule has 7 heteroatoms. The molecule has 150 valence electrons. The van der Waals surface area contributed by atoms with Crippen LogP contribution in [0.2, 0.25) is 0 Å². The zero-order chi connectivity index (χ0) is 20.8. The van der Waals surface area contributed by atoms with E-state index in [-0.39, 0.29) is 24.6 Å². The number of nitro benzene ring substituents is 1. The third-order valence-electron chi connectivity index (χ3n) is 4.46. The third-order valence-corrected chi connectivity index (χ3v) is 4.46. The summed E-state index contributed by atoms with van der Waals surface area (Å²) in [6, 6.07) is 4.16. The van der Waals surface area contributed by atoms with Crippen LogP contribution in [0.3, 0.4) is 0 Å². The van der Waals surface area contributed by atoms with Crippen molar-refractivity contribution in [1.29, 1.82) is 0 Å². The number of benzene rings is 1. The number of hydrogen-bond donors (Lipinski definition) is 1. The lowest BCUT2D eigenvalue weighted by atomic mass is 10.1. The molecule has 0 amide bonds. The first-order valence-electron chi connectivity index (χ1n) is 9.22. The van der Waals surface area contributed by atoms with Gasteiger partial charge in [0, 0.05) is 24.1 Å². The maximum absolute atomic E-state index is 12.5. The Balaban J connectivity index is 2.36. The van der Waals surface area contributed by atoms with Crippen molar-refractivity contribution in [3.8, 4) is 11.5 Å². The van der Waals surface area contributed by atoms with Crippen molar-refractivity contribution in [2.45, 2.75) is 47.1 Å². The predicted octanol–water partition coefficient (Wildman–Crippen LogP) is 4.71. The fourth-order valence-electron chi connectivity index (χ4n) is 2.93. The lowest BCUT2D eigenvalue weighted by molar-refractivity contribution is -0.384. The van der Waals surface area contributed by atoms with E-state index in [1.807, 2.05) is 13.0 Å². The Kier molecular flexibility index (Phi) is 6.98. The summed E-state index contributed by atoms with van der Waals surface area (Å²) in [4.78, 5) is 23.0. The summed E-state index contributed by atoms with van der Waals surface area (Å²) < 4.78 is 7.00. The minimum absolute atomic E-state index is 0.0490. The summed E-state index contributed by atoms with van der Waals surface area (Å²) in [5.74, 6) is -0.438. The molecule has 0 atom stereocenters. The van der Waals surface area contributed by atoms with Crippen LogP contribution in [0.25, 0.3) is 10.9 Å². The van der Waals surface area contributed by atoms with Crippen LogP contribution in [0.15, 0.2) is 46.3 Å². The average Bonchev–Trinajstić information content (AvgIpc) is 2.64. The van der Waals surface area contributed by atoms with Gasteiger partial charge in [-0.15, -0.1) is 0 Å². The molecule has 0 radical (unpaired) electrons. The second kappa shape index (κ2) is 9.21. The highest BCUT2D eigenvalue weighted by Crippen LogP contribution is 2.33. The quantitative estimate of drug-likeness (QED) is 0.403. The van der Waals surface area contributed by atoms with Crippen molar-refractivity contribution < 1.29 is 14.8 Å². The van der Waals surface area contributed by atoms with E-state index in [9.17, 15) is 20.0 Å². The van der Waals surface area contributed by atoms with Gasteiger partial charge in [-0.1, -0.05) is 17.2 Å². The smallest absolute Gasteiger partial charge is 0.297 e. The molecule has 0 saturated heterocycles. The number of nitrogens with zero attached hydrogens (tertiary/aromatic N) is 2. The molecule has 0 bridgehead atoms. The first-order chi connectivity index (χ1) is 13.3. The number of aryl methyl sites for hydroxylation is 1. The third kappa shape index (κ3) is 4.79. The van der Waals surface area contributed by atoms with E-state index in [0.717, 1.165) is 18.4 Å². The Hall–Kier alpha value is -3.09. The van der Waals surface area contributed by atoms with Crippen molar-refractivity contribution in [2.24, 2.45) is 0 Å². The molecule has 0 saturated carbocycles. The van der Waals surface area contributed by atoms with Crippen molar-refractivity contribution in [3.05, 3.63) is 62.0 Å². The lowest BCUT2D eigenvalue weighted by Crippen LogP contribution is -2.20. The Bertz CT molecular complexity index is 998. The molecular formula is C21H26N2O5. The molecule has 1 N–H and O–H groups in total. The molecule has 0 aliphatic carbocycles. The van der Waals surface area contributed by atoms with E-state index < -0.39 is 16.2 Å². The minimum atomic E-state index is -0.630. The van der Waals surface area contributed by atoms with Gasteiger partial charge in [-0.05, 0) is 52.7 Å². The van der Waals surface area contributed by atoms with Gasteiger partial charge < -0.3 is 14.4 Å². The van der Waals surface area contributed by atoms with Crippen molar-refractivity contribution in [3.63, 3.8) is 0 Å². The predicted molar refractivity (Wildman–Crippen MR) is 110 cm³/mol. The number of nitro groups is 1. The molecular weight excluding hydrogens is 360 g/mol. The summed E-state index contributed by atoms with van der Waals surface area (Å²) in [6.07, 6.45) is 5.90. The molecule has 28 heavy (non-hydrogen) atoms. The summed E-state index contributed by atoms with van der Waals surface area (Å²) >= 11 is 0. The van der Waals surface area contributed by atoms with Crippen molar-refractivity contribution in [2.75, 3.05) is 6.61 Å². The van der Waals surface area contributed by atoms with Crippen LogP contribution in [0.5, 0.6) is 11.5 Å². The number of aromatic hydroxyl groups is 1. The van der Waals surface area contributed by atoms with E-state index in [0.29, 0.717) is 10.9 Å². The van der Waals surface area contributed by atoms with Gasteiger partial charge in [0.2, 0.25) is 5.75 Å². The Morgan fingerprint density at radius 2 is 2.00 bits per heavy atom. The highest BCUT2D eigenvalue weighted by Gasteiger charge is 2.19. The van der Waals surface area contributed by atoms with Gasteiger partial charge in [-0.3, -0.25) is 14.9 Å². The largest absolute Gasteiger partial charge is 0.500 e. The molecule has 0 fully saturated rings. The molecule has 1 aromatic heterocycles. The molecule has 0 spiro atoms. The Morgan fingerprint density at radius 3 is 2.61 bits per heavy atom. The van der Waals surface area contributed by atoms with Gasteiger partial charge in [0.1, 0.15) is 6.61 Å². The normalized spacial score (nSPS) is 11.5. The molecule has 2 rings (SSSR count).